The van der Waals surface area contributed by atoms with Crippen LogP contribution in [0.2, 0.25) is 0 Å². The zero-order valence-electron chi connectivity index (χ0n) is 16.6. The lowest BCUT2D eigenvalue weighted by molar-refractivity contribution is -0.122. The third-order valence-corrected chi connectivity index (χ3v) is 7.46. The highest BCUT2D eigenvalue weighted by Gasteiger charge is 2.32. The lowest BCUT2D eigenvalue weighted by Gasteiger charge is -2.38. The molecule has 29 heavy (non-hydrogen) atoms. The summed E-state index contributed by atoms with van der Waals surface area (Å²) in [7, 11) is 0. The van der Waals surface area contributed by atoms with Gasteiger partial charge in [0.25, 0.3) is 0 Å². The van der Waals surface area contributed by atoms with Crippen LogP contribution in [0.3, 0.4) is 0 Å². The number of hydrogen-bond donors (Lipinski definition) is 1. The van der Waals surface area contributed by atoms with Crippen LogP contribution in [0.5, 0.6) is 0 Å². The molecule has 0 saturated carbocycles. The highest BCUT2D eigenvalue weighted by Crippen LogP contribution is 2.42. The topological polar surface area (TPSA) is 85.0 Å². The maximum absolute atomic E-state index is 11.9. The van der Waals surface area contributed by atoms with Crippen molar-refractivity contribution in [2.24, 2.45) is 11.7 Å². The molecule has 1 aliphatic carbocycles. The van der Waals surface area contributed by atoms with Crippen LogP contribution in [0, 0.1) is 5.92 Å². The van der Waals surface area contributed by atoms with E-state index in [2.05, 4.69) is 16.8 Å². The van der Waals surface area contributed by atoms with Crippen LogP contribution in [0.25, 0.3) is 21.6 Å². The maximum Gasteiger partial charge on any atom is 0.222 e. The SMILES string of the molecule is C[C@@H]1CC[C@H](C(N)=O)CN1c1nc(-c2cccnc2)nc2sc3c(c12)CCCC3. The fourth-order valence-corrected chi connectivity index (χ4v) is 5.86. The van der Waals surface area contributed by atoms with Crippen LogP contribution in [0.15, 0.2) is 24.5 Å². The summed E-state index contributed by atoms with van der Waals surface area (Å²) in [4.78, 5) is 31.0. The van der Waals surface area contributed by atoms with Crippen molar-refractivity contribution in [1.82, 2.24) is 15.0 Å². The van der Waals surface area contributed by atoms with E-state index in [1.807, 2.05) is 18.3 Å². The van der Waals surface area contributed by atoms with Crippen molar-refractivity contribution in [2.75, 3.05) is 11.4 Å². The van der Waals surface area contributed by atoms with Gasteiger partial charge >= 0.3 is 0 Å². The summed E-state index contributed by atoms with van der Waals surface area (Å²) >= 11 is 1.81. The molecule has 3 aromatic heterocycles. The van der Waals surface area contributed by atoms with Crippen LogP contribution in [-0.4, -0.2) is 33.4 Å². The summed E-state index contributed by atoms with van der Waals surface area (Å²) in [6.45, 7) is 2.84. The van der Waals surface area contributed by atoms with Crippen LogP contribution in [0.4, 0.5) is 5.82 Å². The van der Waals surface area contributed by atoms with Crippen LogP contribution in [0.1, 0.15) is 43.0 Å². The van der Waals surface area contributed by atoms with E-state index in [1.165, 1.54) is 28.7 Å². The number of nitrogens with two attached hydrogens (primary N) is 1. The van der Waals surface area contributed by atoms with Gasteiger partial charge in [0.05, 0.1) is 11.3 Å². The first-order chi connectivity index (χ1) is 14.1. The van der Waals surface area contributed by atoms with E-state index in [1.54, 1.807) is 17.5 Å². The number of aryl methyl sites for hydroxylation is 2. The van der Waals surface area contributed by atoms with Gasteiger partial charge in [0, 0.05) is 35.4 Å². The predicted molar refractivity (Wildman–Crippen MR) is 116 cm³/mol. The minimum atomic E-state index is -0.216. The lowest BCUT2D eigenvalue weighted by atomic mass is 9.92. The average Bonchev–Trinajstić information content (AvgIpc) is 3.12. The van der Waals surface area contributed by atoms with E-state index in [0.29, 0.717) is 18.4 Å². The molecule has 0 radical (unpaired) electrons. The quantitative estimate of drug-likeness (QED) is 0.715. The van der Waals surface area contributed by atoms with Crippen molar-refractivity contribution in [3.05, 3.63) is 35.0 Å². The molecule has 1 fully saturated rings. The number of rotatable bonds is 3. The number of piperidine rings is 1. The molecule has 1 aliphatic heterocycles. The molecule has 1 saturated heterocycles. The number of fused-ring (bicyclic) bond motifs is 3. The molecule has 1 amide bonds. The van der Waals surface area contributed by atoms with Gasteiger partial charge in [-0.05, 0) is 63.1 Å². The summed E-state index contributed by atoms with van der Waals surface area (Å²) in [5.41, 5.74) is 8.00. The molecule has 0 spiro atoms. The third kappa shape index (κ3) is 3.27. The van der Waals surface area contributed by atoms with E-state index in [4.69, 9.17) is 15.7 Å². The van der Waals surface area contributed by atoms with Gasteiger partial charge in [0.2, 0.25) is 5.91 Å². The van der Waals surface area contributed by atoms with E-state index < -0.39 is 0 Å². The molecule has 3 aromatic rings. The Balaban J connectivity index is 1.71. The molecule has 2 aliphatic rings. The number of carbonyl (C=O) groups is 1. The van der Waals surface area contributed by atoms with Gasteiger partial charge in [0.1, 0.15) is 10.6 Å². The number of hydrogen-bond acceptors (Lipinski definition) is 6. The second-order valence-electron chi connectivity index (χ2n) is 8.18. The highest BCUT2D eigenvalue weighted by atomic mass is 32.1. The van der Waals surface area contributed by atoms with E-state index in [-0.39, 0.29) is 11.8 Å². The Morgan fingerprint density at radius 3 is 2.90 bits per heavy atom. The number of primary amides is 1. The first kappa shape index (κ1) is 18.5. The highest BCUT2D eigenvalue weighted by molar-refractivity contribution is 7.19. The number of pyridine rings is 1. The molecule has 2 atom stereocenters. The Morgan fingerprint density at radius 2 is 2.10 bits per heavy atom. The van der Waals surface area contributed by atoms with Gasteiger partial charge in [-0.25, -0.2) is 9.97 Å². The van der Waals surface area contributed by atoms with Crippen molar-refractivity contribution in [2.45, 2.75) is 51.5 Å². The summed E-state index contributed by atoms with van der Waals surface area (Å²) in [6, 6.07) is 4.22. The minimum Gasteiger partial charge on any atom is -0.369 e. The van der Waals surface area contributed by atoms with Crippen molar-refractivity contribution < 1.29 is 4.79 Å². The summed E-state index contributed by atoms with van der Waals surface area (Å²) in [5.74, 6) is 1.32. The van der Waals surface area contributed by atoms with Crippen molar-refractivity contribution in [3.63, 3.8) is 0 Å². The first-order valence-electron chi connectivity index (χ1n) is 10.4. The average molecular weight is 408 g/mol. The molecule has 5 rings (SSSR count). The van der Waals surface area contributed by atoms with Gasteiger partial charge in [0.15, 0.2) is 5.82 Å². The van der Waals surface area contributed by atoms with Gasteiger partial charge in [-0.2, -0.15) is 0 Å². The smallest absolute Gasteiger partial charge is 0.222 e. The molecular weight excluding hydrogens is 382 g/mol. The Kier molecular flexibility index (Phi) is 4.70. The molecule has 4 heterocycles. The zero-order chi connectivity index (χ0) is 20.0. The van der Waals surface area contributed by atoms with Gasteiger partial charge in [-0.3, -0.25) is 9.78 Å². The molecule has 2 N–H and O–H groups in total. The largest absolute Gasteiger partial charge is 0.369 e. The number of anilines is 1. The van der Waals surface area contributed by atoms with Crippen molar-refractivity contribution >= 4 is 33.3 Å². The van der Waals surface area contributed by atoms with Gasteiger partial charge < -0.3 is 10.6 Å². The van der Waals surface area contributed by atoms with Crippen molar-refractivity contribution in [1.29, 1.82) is 0 Å². The number of nitrogens with zero attached hydrogens (tertiary/aromatic N) is 4. The molecule has 0 unspecified atom stereocenters. The number of amides is 1. The molecule has 6 nitrogen and oxygen atoms in total. The Bertz CT molecular complexity index is 1060. The fraction of sp³-hybridized carbons (Fsp3) is 0.455. The van der Waals surface area contributed by atoms with Crippen LogP contribution in [-0.2, 0) is 17.6 Å². The monoisotopic (exact) mass is 407 g/mol. The second kappa shape index (κ2) is 7.37. The molecule has 150 valence electrons. The van der Waals surface area contributed by atoms with E-state index in [9.17, 15) is 4.79 Å². The molecule has 0 aromatic carbocycles. The van der Waals surface area contributed by atoms with Gasteiger partial charge in [-0.1, -0.05) is 0 Å². The standard InChI is InChI=1S/C22H25N5OS/c1-13-8-9-15(19(23)28)12-27(13)21-18-16-6-2-3-7-17(16)29-22(18)26-20(25-21)14-5-4-10-24-11-14/h4-5,10-11,13,15H,2-3,6-9,12H2,1H3,(H2,23,28)/t13-,15+/m1/s1. The Morgan fingerprint density at radius 1 is 1.24 bits per heavy atom. The summed E-state index contributed by atoms with van der Waals surface area (Å²) in [5, 5.41) is 1.19. The normalized spacial score (nSPS) is 21.9. The molecule has 0 bridgehead atoms. The van der Waals surface area contributed by atoms with Crippen LogP contribution >= 0.6 is 11.3 Å². The van der Waals surface area contributed by atoms with E-state index >= 15 is 0 Å². The minimum absolute atomic E-state index is 0.132. The Labute approximate surface area is 174 Å². The number of thiophene rings is 1. The van der Waals surface area contributed by atoms with Crippen molar-refractivity contribution in [3.8, 4) is 11.4 Å². The number of aromatic nitrogens is 3. The van der Waals surface area contributed by atoms with E-state index in [0.717, 1.165) is 41.9 Å². The second-order valence-corrected chi connectivity index (χ2v) is 9.27. The predicted octanol–water partition coefficient (Wildman–Crippen LogP) is 3.72. The lowest BCUT2D eigenvalue weighted by Crippen LogP contribution is -2.46. The third-order valence-electron chi connectivity index (χ3n) is 6.27. The molecular formula is C22H25N5OS. The Hall–Kier alpha value is -2.54. The maximum atomic E-state index is 11.9. The van der Waals surface area contributed by atoms with Crippen LogP contribution < -0.4 is 10.6 Å². The first-order valence-corrected chi connectivity index (χ1v) is 11.2. The summed E-state index contributed by atoms with van der Waals surface area (Å²) < 4.78 is 0. The number of carbonyl (C=O) groups excluding carboxylic acids is 1. The fourth-order valence-electron chi connectivity index (χ4n) is 4.60. The molecule has 7 heteroatoms. The van der Waals surface area contributed by atoms with Gasteiger partial charge in [-0.15, -0.1) is 11.3 Å². The summed E-state index contributed by atoms with van der Waals surface area (Å²) in [6.07, 6.45) is 10.0. The zero-order valence-corrected chi connectivity index (χ0v) is 17.4.